The number of rotatable bonds is 22. The van der Waals surface area contributed by atoms with Crippen LogP contribution in [0.5, 0.6) is 0 Å². The molecular formula is C16H14F24N3O6P3. The molecule has 0 atom stereocenters. The summed E-state index contributed by atoms with van der Waals surface area (Å²) in [6, 6.07) is 0. The molecule has 1 rings (SSSR count). The molecule has 0 fully saturated rings. The summed E-state index contributed by atoms with van der Waals surface area (Å²) in [5.74, 6) is -23.4. The van der Waals surface area contributed by atoms with Gasteiger partial charge in [-0.1, -0.05) is 0 Å². The van der Waals surface area contributed by atoms with Crippen LogP contribution in [0.25, 0.3) is 0 Å². The van der Waals surface area contributed by atoms with Gasteiger partial charge in [-0.25, -0.2) is 61.7 Å². The van der Waals surface area contributed by atoms with Gasteiger partial charge in [0.1, 0.15) is 26.4 Å². The van der Waals surface area contributed by atoms with Gasteiger partial charge in [0.05, 0.1) is 0 Å². The Balaban J connectivity index is 4.65. The van der Waals surface area contributed by atoms with Gasteiger partial charge in [0.15, 0.2) is 0 Å². The molecule has 0 spiro atoms. The fourth-order valence-electron chi connectivity index (χ4n) is 2.18. The molecule has 0 bridgehead atoms. The molecule has 0 N–H and O–H groups in total. The zero-order valence-electron chi connectivity index (χ0n) is 23.5. The summed E-state index contributed by atoms with van der Waals surface area (Å²) in [6.07, 6.45) is -44.7. The van der Waals surface area contributed by atoms with E-state index in [2.05, 4.69) is 40.7 Å². The largest absolute Gasteiger partial charge is 0.423 e. The second-order valence-electron chi connectivity index (χ2n) is 8.99. The van der Waals surface area contributed by atoms with Gasteiger partial charge in [0, 0.05) is 0 Å². The molecule has 36 heteroatoms. The monoisotopic (exact) mass is 893 g/mol. The molecule has 0 aromatic heterocycles. The molecule has 0 unspecified atom stereocenters. The quantitative estimate of drug-likeness (QED) is 0.0794. The second-order valence-corrected chi connectivity index (χ2v) is 15.5. The van der Waals surface area contributed by atoms with E-state index in [0.29, 0.717) is 0 Å². The van der Waals surface area contributed by atoms with E-state index in [9.17, 15) is 105 Å². The van der Waals surface area contributed by atoms with Gasteiger partial charge in [-0.05, 0) is 0 Å². The van der Waals surface area contributed by atoms with Crippen LogP contribution in [-0.4, -0.2) is 101 Å². The van der Waals surface area contributed by atoms with Crippen LogP contribution in [0.2, 0.25) is 0 Å². The molecule has 0 aromatic carbocycles. The highest BCUT2D eigenvalue weighted by molar-refractivity contribution is 7.78. The Morgan fingerprint density at radius 2 is 0.519 bits per heavy atom. The lowest BCUT2D eigenvalue weighted by atomic mass is 10.4. The molecule has 0 saturated heterocycles. The minimum atomic E-state index is -7.84. The van der Waals surface area contributed by atoms with Crippen molar-refractivity contribution in [3.05, 3.63) is 0 Å². The Kier molecular flexibility index (Phi) is 15.8. The molecule has 9 nitrogen and oxygen atoms in total. The molecule has 0 amide bonds. The van der Waals surface area contributed by atoms with Crippen molar-refractivity contribution in [2.24, 2.45) is 13.5 Å². The lowest BCUT2D eigenvalue weighted by molar-refractivity contribution is -0.280. The van der Waals surface area contributed by atoms with E-state index < -0.39 is 124 Å². The molecule has 312 valence electrons. The topological polar surface area (TPSA) is 92.5 Å². The van der Waals surface area contributed by atoms with Crippen molar-refractivity contribution < 1.29 is 133 Å². The van der Waals surface area contributed by atoms with Gasteiger partial charge in [0.2, 0.25) is 0 Å². The van der Waals surface area contributed by atoms with Gasteiger partial charge in [0.25, 0.3) is 0 Å². The van der Waals surface area contributed by atoms with Crippen LogP contribution in [-0.2, 0) is 27.1 Å². The van der Waals surface area contributed by atoms with Crippen LogP contribution in [0.4, 0.5) is 105 Å². The fourth-order valence-corrected chi connectivity index (χ4v) is 11.6. The van der Waals surface area contributed by atoms with Crippen molar-refractivity contribution in [2.45, 2.75) is 74.5 Å². The van der Waals surface area contributed by atoms with Gasteiger partial charge >= 0.3 is 97.4 Å². The van der Waals surface area contributed by atoms with E-state index in [1.54, 1.807) is 0 Å². The van der Waals surface area contributed by atoms with Crippen LogP contribution in [0, 0.1) is 0 Å². The number of hydrogen-bond acceptors (Lipinski definition) is 9. The Morgan fingerprint density at radius 3 is 0.712 bits per heavy atom. The molecule has 52 heavy (non-hydrogen) atoms. The SMILES string of the molecule is FC(F)C(F)(F)COP1(OCC(F)(F)C(F)F)=NP(OCC(F)(F)C(F)F)(OCC(F)(F)C(F)F)=NP(OC(F)(F)C(F)F)(OC(F)(F)C(F)F)=N1. The third kappa shape index (κ3) is 12.9. The Bertz CT molecular complexity index is 1230. The summed E-state index contributed by atoms with van der Waals surface area (Å²) < 4.78 is 350. The molecule has 0 saturated carbocycles. The average molecular weight is 893 g/mol. The first-order chi connectivity index (χ1) is 23.0. The number of alkyl halides is 24. The molecular weight excluding hydrogens is 879 g/mol. The Labute approximate surface area is 271 Å². The zero-order chi connectivity index (χ0) is 41.2. The predicted molar refractivity (Wildman–Crippen MR) is 120 cm³/mol. The smallest absolute Gasteiger partial charge is 0.300 e. The van der Waals surface area contributed by atoms with Crippen LogP contribution < -0.4 is 0 Å². The van der Waals surface area contributed by atoms with E-state index in [1.165, 1.54) is 0 Å². The number of nitrogens with zero attached hydrogens (tertiary/aromatic N) is 3. The molecule has 1 aliphatic rings. The average Bonchev–Trinajstić information content (AvgIpc) is 2.96. The van der Waals surface area contributed by atoms with Crippen molar-refractivity contribution in [2.75, 3.05) is 26.4 Å². The fraction of sp³-hybridized carbons (Fsp3) is 1.00. The first-order valence-electron chi connectivity index (χ1n) is 11.9. The molecule has 1 aliphatic heterocycles. The first-order valence-corrected chi connectivity index (χ1v) is 16.5. The number of halogens is 24. The zero-order valence-corrected chi connectivity index (χ0v) is 26.2. The van der Waals surface area contributed by atoms with Crippen molar-refractivity contribution in [1.82, 2.24) is 0 Å². The van der Waals surface area contributed by atoms with Crippen molar-refractivity contribution in [3.8, 4) is 0 Å². The van der Waals surface area contributed by atoms with E-state index in [4.69, 9.17) is 0 Å². The molecule has 1 heterocycles. The predicted octanol–water partition coefficient (Wildman–Crippen LogP) is 11.3. The highest BCUT2D eigenvalue weighted by Crippen LogP contribution is 2.82. The van der Waals surface area contributed by atoms with Gasteiger partial charge in [-0.2, -0.15) is 52.7 Å². The van der Waals surface area contributed by atoms with E-state index in [1.807, 2.05) is 0 Å². The molecule has 0 aromatic rings. The van der Waals surface area contributed by atoms with Crippen molar-refractivity contribution in [3.63, 3.8) is 0 Å². The third-order valence-electron chi connectivity index (χ3n) is 4.65. The maximum Gasteiger partial charge on any atom is 0.423 e. The maximum atomic E-state index is 14.2. The van der Waals surface area contributed by atoms with Gasteiger partial charge < -0.3 is 0 Å². The summed E-state index contributed by atoms with van der Waals surface area (Å²) in [5.41, 5.74) is 0. The lowest BCUT2D eigenvalue weighted by Gasteiger charge is -2.36. The number of hydrogen-bond donors (Lipinski definition) is 0. The van der Waals surface area contributed by atoms with Crippen LogP contribution in [0.15, 0.2) is 13.5 Å². The van der Waals surface area contributed by atoms with E-state index in [0.717, 1.165) is 0 Å². The van der Waals surface area contributed by atoms with Crippen LogP contribution in [0.1, 0.15) is 0 Å². The van der Waals surface area contributed by atoms with E-state index >= 15 is 0 Å². The highest BCUT2D eigenvalue weighted by atomic mass is 31.3. The second kappa shape index (κ2) is 16.9. The van der Waals surface area contributed by atoms with Crippen molar-refractivity contribution in [1.29, 1.82) is 0 Å². The summed E-state index contributed by atoms with van der Waals surface area (Å²) in [6.45, 7) is -13.4. The van der Waals surface area contributed by atoms with Crippen molar-refractivity contribution >= 4 is 23.0 Å². The van der Waals surface area contributed by atoms with Gasteiger partial charge in [-0.15, -0.1) is 13.5 Å². The molecule has 0 aliphatic carbocycles. The minimum absolute atomic E-state index is 2.07. The van der Waals surface area contributed by atoms with Crippen LogP contribution >= 0.6 is 23.0 Å². The lowest BCUT2D eigenvalue weighted by Crippen LogP contribution is -2.35. The summed E-state index contributed by atoms with van der Waals surface area (Å²) >= 11 is 0. The molecule has 0 radical (unpaired) electrons. The Hall–Kier alpha value is -1.23. The summed E-state index contributed by atoms with van der Waals surface area (Å²) in [5, 5.41) is 0. The van der Waals surface area contributed by atoms with E-state index in [-0.39, 0.29) is 0 Å². The summed E-state index contributed by atoms with van der Waals surface area (Å²) in [4.78, 5) is 0. The van der Waals surface area contributed by atoms with Gasteiger partial charge in [-0.3, -0.25) is 18.1 Å². The maximum absolute atomic E-state index is 14.2. The Morgan fingerprint density at radius 1 is 0.327 bits per heavy atom. The summed E-state index contributed by atoms with van der Waals surface area (Å²) in [7, 11) is -22.3. The first kappa shape index (κ1) is 48.8. The standard InChI is InChI=1S/C16H14F24N3O6P3/c17-5(18)11(29,30)1-44-50(45-2-12(31,32)6(19)20)41-51(46-3-13(33,34)7(21)22,47-4-14(35,36)8(23)24)43-52(42-50,48-15(37,38)9(25)26)49-16(39,40)10(27)28/h5-10H,1-4H2. The third-order valence-corrected chi connectivity index (χ3v) is 12.9. The van der Waals surface area contributed by atoms with Crippen LogP contribution in [0.3, 0.4) is 0 Å². The highest BCUT2D eigenvalue weighted by Gasteiger charge is 2.60. The normalized spacial score (nSPS) is 18.8. The minimum Gasteiger partial charge on any atom is -0.300 e.